The van der Waals surface area contributed by atoms with Gasteiger partial charge in [0, 0.05) is 34.7 Å². The number of carbonyl (C=O) groups excluding carboxylic acids is 1. The monoisotopic (exact) mass is 465 g/mol. The summed E-state index contributed by atoms with van der Waals surface area (Å²) in [4.78, 5) is 41.7. The highest BCUT2D eigenvalue weighted by Gasteiger charge is 2.35. The molecule has 0 radical (unpaired) electrons. The van der Waals surface area contributed by atoms with Gasteiger partial charge in [-0.1, -0.05) is 48.5 Å². The number of hydrogen-bond acceptors (Lipinski definition) is 6. The Morgan fingerprint density at radius 1 is 0.971 bits per heavy atom. The Balaban J connectivity index is 1.68. The fourth-order valence-electron chi connectivity index (χ4n) is 4.83. The van der Waals surface area contributed by atoms with Gasteiger partial charge in [0.25, 0.3) is 5.56 Å². The Morgan fingerprint density at radius 3 is 2.57 bits per heavy atom. The SMILES string of the molecule is Cc1cccc2cc([C@@H]3CC(=O)Oc4cc(O)c5c(=O)cc(-c6ccccc6)oc5c43)c(=O)[nH]c12. The third kappa shape index (κ3) is 3.32. The fraction of sp³-hybridized carbons (Fsp3) is 0.107. The molecule has 0 unspecified atom stereocenters. The van der Waals surface area contributed by atoms with Crippen LogP contribution in [0.2, 0.25) is 0 Å². The Hall–Kier alpha value is -4.65. The minimum atomic E-state index is -0.739. The maximum Gasteiger partial charge on any atom is 0.312 e. The lowest BCUT2D eigenvalue weighted by atomic mass is 9.85. The number of aromatic hydroxyl groups is 1. The summed E-state index contributed by atoms with van der Waals surface area (Å²) in [6.45, 7) is 1.90. The van der Waals surface area contributed by atoms with Gasteiger partial charge in [-0.15, -0.1) is 0 Å². The number of aromatic nitrogens is 1. The Bertz CT molecular complexity index is 1780. The van der Waals surface area contributed by atoms with Gasteiger partial charge < -0.3 is 19.2 Å². The predicted molar refractivity (Wildman–Crippen MR) is 131 cm³/mol. The number of rotatable bonds is 2. The topological polar surface area (TPSA) is 110 Å². The molecule has 7 heteroatoms. The standard InChI is InChI=1S/C28H19NO6/c1-14-6-5-9-16-10-18(28(33)29-26(14)16)17-11-23(32)34-22-13-20(31)25-19(30)12-21(35-27(25)24(17)22)15-7-3-2-4-8-15/h2-10,12-13,17,31H,11H2,1H3,(H,29,33)/t17-/m0/s1. The molecule has 0 fully saturated rings. The number of ether oxygens (including phenoxy) is 1. The van der Waals surface area contributed by atoms with Crippen molar-refractivity contribution in [2.75, 3.05) is 0 Å². The van der Waals surface area contributed by atoms with Crippen LogP contribution >= 0.6 is 0 Å². The second-order valence-corrected chi connectivity index (χ2v) is 8.68. The van der Waals surface area contributed by atoms with Gasteiger partial charge in [-0.05, 0) is 23.9 Å². The van der Waals surface area contributed by atoms with E-state index in [9.17, 15) is 19.5 Å². The molecule has 2 aromatic heterocycles. The first-order valence-electron chi connectivity index (χ1n) is 11.1. The summed E-state index contributed by atoms with van der Waals surface area (Å²) in [6, 6.07) is 19.1. The molecule has 172 valence electrons. The number of fused-ring (bicyclic) bond motifs is 4. The summed E-state index contributed by atoms with van der Waals surface area (Å²) in [5.74, 6) is -1.28. The Kier molecular flexibility index (Phi) is 4.60. The van der Waals surface area contributed by atoms with E-state index >= 15 is 0 Å². The van der Waals surface area contributed by atoms with Crippen molar-refractivity contribution in [3.63, 3.8) is 0 Å². The summed E-state index contributed by atoms with van der Waals surface area (Å²) < 4.78 is 11.6. The van der Waals surface area contributed by atoms with E-state index < -0.39 is 17.3 Å². The lowest BCUT2D eigenvalue weighted by molar-refractivity contribution is -0.135. The number of aromatic amines is 1. The van der Waals surface area contributed by atoms with Crippen LogP contribution in [0.15, 0.2) is 80.7 Å². The Labute approximate surface area is 198 Å². The third-order valence-corrected chi connectivity index (χ3v) is 6.48. The summed E-state index contributed by atoms with van der Waals surface area (Å²) in [5, 5.41) is 11.4. The summed E-state index contributed by atoms with van der Waals surface area (Å²) in [7, 11) is 0. The summed E-state index contributed by atoms with van der Waals surface area (Å²) in [5.41, 5.74) is 2.34. The molecule has 1 atom stereocenters. The fourth-order valence-corrected chi connectivity index (χ4v) is 4.83. The predicted octanol–water partition coefficient (Wildman–Crippen LogP) is 4.76. The van der Waals surface area contributed by atoms with E-state index in [-0.39, 0.29) is 34.4 Å². The smallest absolute Gasteiger partial charge is 0.312 e. The van der Waals surface area contributed by atoms with Crippen LogP contribution in [0.4, 0.5) is 0 Å². The lowest BCUT2D eigenvalue weighted by Crippen LogP contribution is -2.26. The molecule has 0 bridgehead atoms. The maximum absolute atomic E-state index is 13.2. The number of aryl methyl sites for hydroxylation is 1. The third-order valence-electron chi connectivity index (χ3n) is 6.48. The summed E-state index contributed by atoms with van der Waals surface area (Å²) >= 11 is 0. The average Bonchev–Trinajstić information content (AvgIpc) is 2.84. The van der Waals surface area contributed by atoms with Crippen molar-refractivity contribution in [1.82, 2.24) is 4.98 Å². The average molecular weight is 465 g/mol. The molecule has 5 aromatic rings. The van der Waals surface area contributed by atoms with E-state index in [4.69, 9.17) is 9.15 Å². The van der Waals surface area contributed by atoms with E-state index in [1.54, 1.807) is 18.2 Å². The Morgan fingerprint density at radius 2 is 1.77 bits per heavy atom. The highest BCUT2D eigenvalue weighted by atomic mass is 16.5. The number of phenols is 1. The van der Waals surface area contributed by atoms with E-state index in [0.717, 1.165) is 10.9 Å². The minimum absolute atomic E-state index is 0.0283. The normalized spacial score (nSPS) is 15.2. The molecule has 7 nitrogen and oxygen atoms in total. The molecule has 3 aromatic carbocycles. The van der Waals surface area contributed by atoms with Gasteiger partial charge in [0.05, 0.1) is 11.9 Å². The second kappa shape index (κ2) is 7.70. The molecule has 3 heterocycles. The second-order valence-electron chi connectivity index (χ2n) is 8.68. The van der Waals surface area contributed by atoms with Crippen molar-refractivity contribution >= 4 is 27.8 Å². The molecule has 1 aliphatic heterocycles. The van der Waals surface area contributed by atoms with Gasteiger partial charge in [-0.3, -0.25) is 14.4 Å². The first-order chi connectivity index (χ1) is 16.9. The van der Waals surface area contributed by atoms with Crippen LogP contribution < -0.4 is 15.7 Å². The zero-order chi connectivity index (χ0) is 24.3. The number of benzene rings is 3. The van der Waals surface area contributed by atoms with Crippen molar-refractivity contribution in [3.05, 3.63) is 104 Å². The first-order valence-corrected chi connectivity index (χ1v) is 11.1. The van der Waals surface area contributed by atoms with Gasteiger partial charge in [-0.2, -0.15) is 0 Å². The van der Waals surface area contributed by atoms with Crippen LogP contribution in [0.3, 0.4) is 0 Å². The highest BCUT2D eigenvalue weighted by Crippen LogP contribution is 2.45. The number of carbonyl (C=O) groups is 1. The molecule has 0 aliphatic carbocycles. The number of nitrogens with one attached hydrogen (secondary N) is 1. The number of pyridine rings is 1. The molecular weight excluding hydrogens is 446 g/mol. The maximum atomic E-state index is 13.2. The largest absolute Gasteiger partial charge is 0.507 e. The number of phenolic OH excluding ortho intramolecular Hbond substituents is 1. The van der Waals surface area contributed by atoms with Crippen molar-refractivity contribution < 1.29 is 19.1 Å². The summed E-state index contributed by atoms with van der Waals surface area (Å²) in [6.07, 6.45) is -0.118. The molecule has 0 saturated heterocycles. The lowest BCUT2D eigenvalue weighted by Gasteiger charge is -2.25. The van der Waals surface area contributed by atoms with Gasteiger partial charge >= 0.3 is 5.97 Å². The van der Waals surface area contributed by atoms with Crippen molar-refractivity contribution in [2.24, 2.45) is 0 Å². The molecule has 0 saturated carbocycles. The van der Waals surface area contributed by atoms with Gasteiger partial charge in [0.2, 0.25) is 0 Å². The zero-order valence-corrected chi connectivity index (χ0v) is 18.6. The molecular formula is C28H19NO6. The molecule has 6 rings (SSSR count). The molecule has 0 amide bonds. The van der Waals surface area contributed by atoms with Gasteiger partial charge in [0.15, 0.2) is 5.43 Å². The van der Waals surface area contributed by atoms with Crippen LogP contribution in [0.1, 0.15) is 29.0 Å². The van der Waals surface area contributed by atoms with E-state index in [1.807, 2.05) is 43.3 Å². The number of esters is 1. The quantitative estimate of drug-likeness (QED) is 0.287. The first kappa shape index (κ1) is 20.9. The number of para-hydroxylation sites is 1. The highest BCUT2D eigenvalue weighted by molar-refractivity contribution is 5.93. The van der Waals surface area contributed by atoms with Crippen LogP contribution in [-0.4, -0.2) is 16.1 Å². The molecule has 2 N–H and O–H groups in total. The van der Waals surface area contributed by atoms with Crippen LogP contribution in [0.25, 0.3) is 33.2 Å². The van der Waals surface area contributed by atoms with Crippen molar-refractivity contribution in [2.45, 2.75) is 19.3 Å². The van der Waals surface area contributed by atoms with Crippen LogP contribution in [-0.2, 0) is 4.79 Å². The van der Waals surface area contributed by atoms with Gasteiger partial charge in [0.1, 0.15) is 28.2 Å². The number of H-pyrrole nitrogens is 1. The van der Waals surface area contributed by atoms with E-state index in [0.29, 0.717) is 28.0 Å². The number of hydrogen-bond donors (Lipinski definition) is 2. The zero-order valence-electron chi connectivity index (χ0n) is 18.6. The van der Waals surface area contributed by atoms with Crippen LogP contribution in [0, 0.1) is 6.92 Å². The minimum Gasteiger partial charge on any atom is -0.507 e. The molecule has 0 spiro atoms. The van der Waals surface area contributed by atoms with Crippen molar-refractivity contribution in [1.29, 1.82) is 0 Å². The van der Waals surface area contributed by atoms with Crippen molar-refractivity contribution in [3.8, 4) is 22.8 Å². The van der Waals surface area contributed by atoms with Gasteiger partial charge in [-0.25, -0.2) is 0 Å². The van der Waals surface area contributed by atoms with E-state index in [1.165, 1.54) is 12.1 Å². The van der Waals surface area contributed by atoms with Crippen LogP contribution in [0.5, 0.6) is 11.5 Å². The molecule has 1 aliphatic rings. The molecule has 35 heavy (non-hydrogen) atoms. The van der Waals surface area contributed by atoms with E-state index in [2.05, 4.69) is 4.98 Å².